The molecule has 82 valence electrons. The number of benzene rings is 1. The number of allylic oxidation sites excluding steroid dienone is 2. The molecule has 0 amide bonds. The molecule has 0 spiro atoms. The number of rotatable bonds is 3. The summed E-state index contributed by atoms with van der Waals surface area (Å²) in [6.07, 6.45) is 5.75. The largest absolute Gasteiger partial charge is 0.378 e. The van der Waals surface area contributed by atoms with Crippen molar-refractivity contribution in [1.29, 1.82) is 0 Å². The highest BCUT2D eigenvalue weighted by Gasteiger charge is 1.92. The van der Waals surface area contributed by atoms with Crippen molar-refractivity contribution < 1.29 is 0 Å². The van der Waals surface area contributed by atoms with E-state index in [2.05, 4.69) is 35.7 Å². The SMILES string of the molecule is C=CC=Cc1ccc(N(C)C)cc1.CC. The number of hydrogen-bond acceptors (Lipinski definition) is 1. The zero-order valence-corrected chi connectivity index (χ0v) is 10.2. The fraction of sp³-hybridized carbons (Fsp3) is 0.286. The molecule has 0 aromatic heterocycles. The van der Waals surface area contributed by atoms with Crippen LogP contribution in [0, 0.1) is 0 Å². The first kappa shape index (κ1) is 13.5. The Labute approximate surface area is 93.7 Å². The summed E-state index contributed by atoms with van der Waals surface area (Å²) < 4.78 is 0. The predicted molar refractivity (Wildman–Crippen MR) is 71.3 cm³/mol. The summed E-state index contributed by atoms with van der Waals surface area (Å²) in [6, 6.07) is 8.39. The first-order valence-electron chi connectivity index (χ1n) is 5.30. The second-order valence-electron chi connectivity index (χ2n) is 3.08. The van der Waals surface area contributed by atoms with Gasteiger partial charge in [0.25, 0.3) is 0 Å². The van der Waals surface area contributed by atoms with Crippen molar-refractivity contribution in [3.63, 3.8) is 0 Å². The molecule has 0 aliphatic carbocycles. The van der Waals surface area contributed by atoms with Gasteiger partial charge >= 0.3 is 0 Å². The third-order valence-electron chi connectivity index (χ3n) is 1.83. The predicted octanol–water partition coefficient (Wildman–Crippen LogP) is 3.98. The van der Waals surface area contributed by atoms with Gasteiger partial charge in [0.2, 0.25) is 0 Å². The Hall–Kier alpha value is -1.50. The van der Waals surface area contributed by atoms with Crippen molar-refractivity contribution in [2.24, 2.45) is 0 Å². The minimum absolute atomic E-state index is 1.20. The number of anilines is 1. The van der Waals surface area contributed by atoms with Gasteiger partial charge in [0, 0.05) is 19.8 Å². The van der Waals surface area contributed by atoms with E-state index in [4.69, 9.17) is 0 Å². The Morgan fingerprint density at radius 2 is 1.60 bits per heavy atom. The summed E-state index contributed by atoms with van der Waals surface area (Å²) >= 11 is 0. The molecular formula is C14H21N. The van der Waals surface area contributed by atoms with Gasteiger partial charge in [0.15, 0.2) is 0 Å². The van der Waals surface area contributed by atoms with Crippen LogP contribution in [0.5, 0.6) is 0 Å². The number of nitrogens with zero attached hydrogens (tertiary/aromatic N) is 1. The van der Waals surface area contributed by atoms with Gasteiger partial charge in [-0.2, -0.15) is 0 Å². The van der Waals surface area contributed by atoms with Gasteiger partial charge in [-0.1, -0.05) is 50.8 Å². The molecule has 1 heteroatoms. The zero-order valence-electron chi connectivity index (χ0n) is 10.2. The Morgan fingerprint density at radius 3 is 2.00 bits per heavy atom. The molecule has 0 unspecified atom stereocenters. The molecule has 1 aromatic rings. The van der Waals surface area contributed by atoms with E-state index in [1.807, 2.05) is 40.1 Å². The van der Waals surface area contributed by atoms with E-state index in [-0.39, 0.29) is 0 Å². The fourth-order valence-corrected chi connectivity index (χ4v) is 1.06. The smallest absolute Gasteiger partial charge is 0.0361 e. The molecular weight excluding hydrogens is 182 g/mol. The molecule has 0 aliphatic heterocycles. The minimum atomic E-state index is 1.20. The Kier molecular flexibility index (Phi) is 7.08. The van der Waals surface area contributed by atoms with Crippen molar-refractivity contribution in [3.8, 4) is 0 Å². The van der Waals surface area contributed by atoms with Crippen molar-refractivity contribution >= 4 is 11.8 Å². The van der Waals surface area contributed by atoms with Crippen molar-refractivity contribution in [2.75, 3.05) is 19.0 Å². The van der Waals surface area contributed by atoms with Gasteiger partial charge in [-0.3, -0.25) is 0 Å². The topological polar surface area (TPSA) is 3.24 Å². The van der Waals surface area contributed by atoms with Crippen LogP contribution in [-0.4, -0.2) is 14.1 Å². The summed E-state index contributed by atoms with van der Waals surface area (Å²) in [4.78, 5) is 2.08. The van der Waals surface area contributed by atoms with Crippen molar-refractivity contribution in [1.82, 2.24) is 0 Å². The van der Waals surface area contributed by atoms with E-state index in [0.29, 0.717) is 0 Å². The van der Waals surface area contributed by atoms with Crippen LogP contribution in [0.3, 0.4) is 0 Å². The van der Waals surface area contributed by atoms with Gasteiger partial charge < -0.3 is 4.90 Å². The maximum Gasteiger partial charge on any atom is 0.0361 e. The van der Waals surface area contributed by atoms with Crippen molar-refractivity contribution in [2.45, 2.75) is 13.8 Å². The van der Waals surface area contributed by atoms with E-state index < -0.39 is 0 Å². The van der Waals surface area contributed by atoms with E-state index in [0.717, 1.165) is 0 Å². The summed E-state index contributed by atoms with van der Waals surface area (Å²) in [5, 5.41) is 0. The Balaban J connectivity index is 0.000000921. The van der Waals surface area contributed by atoms with Gasteiger partial charge in [-0.15, -0.1) is 0 Å². The monoisotopic (exact) mass is 203 g/mol. The molecule has 15 heavy (non-hydrogen) atoms. The van der Waals surface area contributed by atoms with Gasteiger partial charge in [-0.25, -0.2) is 0 Å². The zero-order chi connectivity index (χ0) is 11.7. The molecule has 0 bridgehead atoms. The van der Waals surface area contributed by atoms with E-state index in [1.54, 1.807) is 6.08 Å². The minimum Gasteiger partial charge on any atom is -0.378 e. The highest BCUT2D eigenvalue weighted by molar-refractivity contribution is 5.56. The Morgan fingerprint density at radius 1 is 1.07 bits per heavy atom. The van der Waals surface area contributed by atoms with Crippen LogP contribution >= 0.6 is 0 Å². The van der Waals surface area contributed by atoms with E-state index in [1.165, 1.54) is 11.3 Å². The standard InChI is InChI=1S/C12H15N.C2H6/c1-4-5-6-11-7-9-12(10-8-11)13(2)3;1-2/h4-10H,1H2,2-3H3;1-2H3. The molecule has 0 fully saturated rings. The second-order valence-corrected chi connectivity index (χ2v) is 3.08. The van der Waals surface area contributed by atoms with Crippen molar-refractivity contribution in [3.05, 3.63) is 48.6 Å². The first-order valence-corrected chi connectivity index (χ1v) is 5.30. The lowest BCUT2D eigenvalue weighted by Gasteiger charge is -2.11. The summed E-state index contributed by atoms with van der Waals surface area (Å²) in [6.45, 7) is 7.63. The molecule has 0 aliphatic rings. The fourth-order valence-electron chi connectivity index (χ4n) is 1.06. The maximum absolute atomic E-state index is 3.63. The normalized spacial score (nSPS) is 9.33. The maximum atomic E-state index is 3.63. The average molecular weight is 203 g/mol. The van der Waals surface area contributed by atoms with Crippen LogP contribution in [-0.2, 0) is 0 Å². The second kappa shape index (κ2) is 7.86. The summed E-state index contributed by atoms with van der Waals surface area (Å²) in [5.41, 5.74) is 2.42. The van der Waals surface area contributed by atoms with Crippen LogP contribution < -0.4 is 4.90 Å². The van der Waals surface area contributed by atoms with E-state index >= 15 is 0 Å². The quantitative estimate of drug-likeness (QED) is 0.672. The molecule has 0 saturated heterocycles. The third kappa shape index (κ3) is 5.06. The molecule has 0 radical (unpaired) electrons. The van der Waals surface area contributed by atoms with Gasteiger partial charge in [-0.05, 0) is 17.7 Å². The molecule has 1 rings (SSSR count). The lowest BCUT2D eigenvalue weighted by Crippen LogP contribution is -2.07. The molecule has 0 atom stereocenters. The third-order valence-corrected chi connectivity index (χ3v) is 1.83. The van der Waals surface area contributed by atoms with Crippen LogP contribution in [0.2, 0.25) is 0 Å². The average Bonchev–Trinajstić information content (AvgIpc) is 2.29. The molecule has 0 heterocycles. The number of hydrogen-bond donors (Lipinski definition) is 0. The molecule has 0 saturated carbocycles. The van der Waals surface area contributed by atoms with E-state index in [9.17, 15) is 0 Å². The molecule has 0 N–H and O–H groups in total. The summed E-state index contributed by atoms with van der Waals surface area (Å²) in [5.74, 6) is 0. The summed E-state index contributed by atoms with van der Waals surface area (Å²) in [7, 11) is 4.07. The van der Waals surface area contributed by atoms with Crippen LogP contribution in [0.1, 0.15) is 19.4 Å². The van der Waals surface area contributed by atoms with Crippen LogP contribution in [0.4, 0.5) is 5.69 Å². The molecule has 1 aromatic carbocycles. The lowest BCUT2D eigenvalue weighted by atomic mass is 10.2. The Bertz CT molecular complexity index is 294. The van der Waals surface area contributed by atoms with Gasteiger partial charge in [0.05, 0.1) is 0 Å². The van der Waals surface area contributed by atoms with Crippen LogP contribution in [0.15, 0.2) is 43.0 Å². The molecule has 1 nitrogen and oxygen atoms in total. The first-order chi connectivity index (χ1) is 7.24. The van der Waals surface area contributed by atoms with Crippen LogP contribution in [0.25, 0.3) is 6.08 Å². The lowest BCUT2D eigenvalue weighted by molar-refractivity contribution is 1.13. The van der Waals surface area contributed by atoms with Gasteiger partial charge in [0.1, 0.15) is 0 Å². The highest BCUT2D eigenvalue weighted by Crippen LogP contribution is 2.12. The highest BCUT2D eigenvalue weighted by atomic mass is 15.1.